The van der Waals surface area contributed by atoms with Gasteiger partial charge in [-0.05, 0) is 82.8 Å². The SMILES string of the molecule is COc1c(CC(NC(=O)CCC(C)(F)F)B2OC3CC4CC(C4(C)C)C3(C)O2)cccc1C(=O)OC(C)(C)C. The van der Waals surface area contributed by atoms with Crippen LogP contribution in [0.4, 0.5) is 8.78 Å². The number of benzene rings is 1. The molecule has 1 heterocycles. The Morgan fingerprint density at radius 2 is 1.87 bits per heavy atom. The van der Waals surface area contributed by atoms with Gasteiger partial charge in [-0.15, -0.1) is 0 Å². The van der Waals surface area contributed by atoms with E-state index in [0.29, 0.717) is 23.1 Å². The lowest BCUT2D eigenvalue weighted by molar-refractivity contribution is -0.199. The largest absolute Gasteiger partial charge is 0.496 e. The second-order valence-electron chi connectivity index (χ2n) is 13.3. The number of alkyl halides is 2. The van der Waals surface area contributed by atoms with Gasteiger partial charge in [0.15, 0.2) is 0 Å². The predicted octanol–water partition coefficient (Wildman–Crippen LogP) is 5.38. The maximum absolute atomic E-state index is 13.5. The molecule has 39 heavy (non-hydrogen) atoms. The standard InChI is InChI=1S/C29H42BF2NO6/c1-26(2,3)37-25(35)19-11-9-10-17(24(19)36-8)14-22(33-23(34)12-13-28(6,31)32)30-38-21-16-18-15-20(27(18,4)5)29(21,7)39-30/h9-11,18,20-22H,12-16H2,1-8H3,(H,33,34). The van der Waals surface area contributed by atoms with Gasteiger partial charge in [0, 0.05) is 12.8 Å². The van der Waals surface area contributed by atoms with E-state index < -0.39 is 48.5 Å². The minimum Gasteiger partial charge on any atom is -0.496 e. The van der Waals surface area contributed by atoms with Crippen LogP contribution in [0.1, 0.15) is 90.1 Å². The van der Waals surface area contributed by atoms with Crippen LogP contribution in [0.25, 0.3) is 0 Å². The molecule has 7 nitrogen and oxygen atoms in total. The van der Waals surface area contributed by atoms with Crippen molar-refractivity contribution in [2.45, 2.75) is 110 Å². The van der Waals surface area contributed by atoms with Crippen molar-refractivity contribution in [2.75, 3.05) is 7.11 Å². The number of halogens is 2. The minimum atomic E-state index is -2.95. The van der Waals surface area contributed by atoms with Crippen LogP contribution in [0.5, 0.6) is 5.75 Å². The molecule has 1 aromatic rings. The summed E-state index contributed by atoms with van der Waals surface area (Å²) in [5.41, 5.74) is -0.159. The molecule has 10 heteroatoms. The van der Waals surface area contributed by atoms with Gasteiger partial charge in [0.05, 0.1) is 24.8 Å². The number of methoxy groups -OCH3 is 1. The average Bonchev–Trinajstić information content (AvgIpc) is 3.17. The molecule has 0 aromatic heterocycles. The van der Waals surface area contributed by atoms with Crippen molar-refractivity contribution in [1.82, 2.24) is 5.32 Å². The summed E-state index contributed by atoms with van der Waals surface area (Å²) in [5.74, 6) is -3.48. The van der Waals surface area contributed by atoms with Gasteiger partial charge in [-0.25, -0.2) is 13.6 Å². The van der Waals surface area contributed by atoms with Crippen molar-refractivity contribution in [3.8, 4) is 5.75 Å². The zero-order valence-corrected chi connectivity index (χ0v) is 24.4. The Labute approximate surface area is 230 Å². The van der Waals surface area contributed by atoms with Gasteiger partial charge >= 0.3 is 13.1 Å². The van der Waals surface area contributed by atoms with Crippen LogP contribution < -0.4 is 10.1 Å². The highest BCUT2D eigenvalue weighted by atomic mass is 19.3. The Morgan fingerprint density at radius 3 is 2.46 bits per heavy atom. The number of esters is 1. The van der Waals surface area contributed by atoms with Crippen molar-refractivity contribution in [3.05, 3.63) is 29.3 Å². The van der Waals surface area contributed by atoms with Gasteiger partial charge in [0.1, 0.15) is 16.9 Å². The van der Waals surface area contributed by atoms with Crippen LogP contribution in [-0.4, -0.2) is 55.3 Å². The van der Waals surface area contributed by atoms with Crippen molar-refractivity contribution in [2.24, 2.45) is 17.3 Å². The van der Waals surface area contributed by atoms with E-state index in [1.807, 2.05) is 0 Å². The van der Waals surface area contributed by atoms with Gasteiger partial charge in [-0.1, -0.05) is 26.0 Å². The fourth-order valence-corrected chi connectivity index (χ4v) is 6.62. The molecule has 4 fully saturated rings. The highest BCUT2D eigenvalue weighted by Crippen LogP contribution is 2.65. The molecule has 3 saturated carbocycles. The number of hydrogen-bond acceptors (Lipinski definition) is 6. The molecule has 216 valence electrons. The first-order chi connectivity index (χ1) is 17.9. The monoisotopic (exact) mass is 549 g/mol. The third kappa shape index (κ3) is 6.11. The van der Waals surface area contributed by atoms with E-state index in [1.165, 1.54) is 7.11 Å². The predicted molar refractivity (Wildman–Crippen MR) is 144 cm³/mol. The summed E-state index contributed by atoms with van der Waals surface area (Å²) in [6.07, 6.45) is 1.14. The number of ether oxygens (including phenoxy) is 2. The first-order valence-corrected chi connectivity index (χ1v) is 13.8. The molecular weight excluding hydrogens is 507 g/mol. The lowest BCUT2D eigenvalue weighted by Crippen LogP contribution is -2.65. The zero-order valence-electron chi connectivity index (χ0n) is 24.4. The van der Waals surface area contributed by atoms with Gasteiger partial charge in [-0.2, -0.15) is 0 Å². The van der Waals surface area contributed by atoms with Crippen LogP contribution in [-0.2, 0) is 25.3 Å². The molecule has 1 aliphatic heterocycles. The lowest BCUT2D eigenvalue weighted by atomic mass is 9.43. The maximum atomic E-state index is 13.5. The highest BCUT2D eigenvalue weighted by Gasteiger charge is 2.68. The van der Waals surface area contributed by atoms with E-state index in [9.17, 15) is 18.4 Å². The Hall–Kier alpha value is -2.20. The van der Waals surface area contributed by atoms with E-state index in [0.717, 1.165) is 19.8 Å². The quantitative estimate of drug-likeness (QED) is 0.329. The fraction of sp³-hybridized carbons (Fsp3) is 0.724. The molecule has 3 aliphatic carbocycles. The van der Waals surface area contributed by atoms with Crippen molar-refractivity contribution in [3.63, 3.8) is 0 Å². The first kappa shape index (κ1) is 29.8. The molecule has 0 spiro atoms. The maximum Gasteiger partial charge on any atom is 0.482 e. The summed E-state index contributed by atoms with van der Waals surface area (Å²) in [4.78, 5) is 25.8. The molecule has 1 amide bonds. The van der Waals surface area contributed by atoms with Crippen LogP contribution in [0.15, 0.2) is 18.2 Å². The van der Waals surface area contributed by atoms with Crippen molar-refractivity contribution < 1.29 is 37.2 Å². The van der Waals surface area contributed by atoms with Crippen molar-refractivity contribution in [1.29, 1.82) is 0 Å². The number of rotatable bonds is 9. The second kappa shape index (κ2) is 10.3. The molecule has 4 aliphatic rings. The number of para-hydroxylation sites is 1. The summed E-state index contributed by atoms with van der Waals surface area (Å²) in [6.45, 7) is 12.8. The third-order valence-corrected chi connectivity index (χ3v) is 8.79. The third-order valence-electron chi connectivity index (χ3n) is 8.79. The molecule has 5 rings (SSSR count). The van der Waals surface area contributed by atoms with E-state index in [1.54, 1.807) is 39.0 Å². The Bertz CT molecular complexity index is 1100. The highest BCUT2D eigenvalue weighted by molar-refractivity contribution is 6.48. The van der Waals surface area contributed by atoms with Crippen LogP contribution >= 0.6 is 0 Å². The average molecular weight is 549 g/mol. The van der Waals surface area contributed by atoms with Crippen LogP contribution in [0.2, 0.25) is 0 Å². The molecule has 5 unspecified atom stereocenters. The van der Waals surface area contributed by atoms with Crippen molar-refractivity contribution >= 4 is 19.0 Å². The van der Waals surface area contributed by atoms with Gasteiger partial charge in [0.25, 0.3) is 0 Å². The van der Waals surface area contributed by atoms with E-state index >= 15 is 0 Å². The molecule has 5 atom stereocenters. The Morgan fingerprint density at radius 1 is 1.18 bits per heavy atom. The van der Waals surface area contributed by atoms with Crippen LogP contribution in [0, 0.1) is 17.3 Å². The lowest BCUT2D eigenvalue weighted by Gasteiger charge is -2.64. The Balaban J connectivity index is 1.60. The smallest absolute Gasteiger partial charge is 0.482 e. The zero-order chi connectivity index (χ0) is 29.0. The summed E-state index contributed by atoms with van der Waals surface area (Å²) < 4.78 is 51.2. The number of nitrogens with one attached hydrogen (secondary N) is 1. The molecule has 1 saturated heterocycles. The molecule has 0 radical (unpaired) electrons. The summed E-state index contributed by atoms with van der Waals surface area (Å²) in [7, 11) is 0.688. The fourth-order valence-electron chi connectivity index (χ4n) is 6.62. The van der Waals surface area contributed by atoms with Gasteiger partial charge < -0.3 is 24.1 Å². The molecule has 1 aromatic carbocycles. The van der Waals surface area contributed by atoms with E-state index in [-0.39, 0.29) is 29.9 Å². The number of carbonyl (C=O) groups excluding carboxylic acids is 2. The summed E-state index contributed by atoms with van der Waals surface area (Å²) in [5, 5.41) is 2.90. The topological polar surface area (TPSA) is 83.1 Å². The van der Waals surface area contributed by atoms with Gasteiger partial charge in [-0.3, -0.25) is 4.79 Å². The normalized spacial score (nSPS) is 28.3. The molecule has 2 bridgehead atoms. The second-order valence-corrected chi connectivity index (χ2v) is 13.3. The Kier molecular flexibility index (Phi) is 7.89. The van der Waals surface area contributed by atoms with E-state index in [2.05, 4.69) is 26.1 Å². The molecule has 1 N–H and O–H groups in total. The minimum absolute atomic E-state index is 0.117. The number of hydrogen-bond donors (Lipinski definition) is 1. The van der Waals surface area contributed by atoms with Crippen LogP contribution in [0.3, 0.4) is 0 Å². The number of carbonyl (C=O) groups is 2. The summed E-state index contributed by atoms with van der Waals surface area (Å²) >= 11 is 0. The number of amides is 1. The van der Waals surface area contributed by atoms with E-state index in [4.69, 9.17) is 18.8 Å². The molecular formula is C29H42BF2NO6. The summed E-state index contributed by atoms with van der Waals surface area (Å²) in [6, 6.07) is 5.15. The van der Waals surface area contributed by atoms with Gasteiger partial charge in [0.2, 0.25) is 11.8 Å². The first-order valence-electron chi connectivity index (χ1n) is 13.8.